The van der Waals surface area contributed by atoms with Crippen LogP contribution in [-0.2, 0) is 25.7 Å². The fourth-order valence-corrected chi connectivity index (χ4v) is 4.35. The summed E-state index contributed by atoms with van der Waals surface area (Å²) < 4.78 is 6.31. The number of methoxy groups -OCH3 is 1. The molecule has 2 atom stereocenters. The van der Waals surface area contributed by atoms with Crippen molar-refractivity contribution >= 4 is 29.2 Å². The number of fused-ring (bicyclic) bond motifs is 1. The van der Waals surface area contributed by atoms with Gasteiger partial charge in [0.05, 0.1) is 18.4 Å². The molecule has 1 aromatic rings. The first-order valence-electron chi connectivity index (χ1n) is 11.2. The van der Waals surface area contributed by atoms with Crippen LogP contribution in [0.1, 0.15) is 39.0 Å². The van der Waals surface area contributed by atoms with Gasteiger partial charge < -0.3 is 15.4 Å². The van der Waals surface area contributed by atoms with Crippen LogP contribution in [0, 0.1) is 11.8 Å². The van der Waals surface area contributed by atoms with Crippen LogP contribution in [0.15, 0.2) is 21.7 Å². The minimum Gasteiger partial charge on any atom is -0.383 e. The number of aromatic nitrogens is 2. The van der Waals surface area contributed by atoms with Crippen LogP contribution in [0.4, 0.5) is 11.5 Å². The van der Waals surface area contributed by atoms with Crippen LogP contribution >= 0.6 is 0 Å². The van der Waals surface area contributed by atoms with Gasteiger partial charge in [-0.1, -0.05) is 25.5 Å². The van der Waals surface area contributed by atoms with E-state index in [1.165, 1.54) is 16.6 Å². The smallest absolute Gasteiger partial charge is 0.330 e. The van der Waals surface area contributed by atoms with Crippen molar-refractivity contribution in [2.45, 2.75) is 45.6 Å². The summed E-state index contributed by atoms with van der Waals surface area (Å²) in [6.45, 7) is 2.31. The topological polar surface area (TPSA) is 148 Å². The number of imide groups is 1. The Hall–Kier alpha value is -3.21. The quantitative estimate of drug-likeness (QED) is 0.375. The highest BCUT2D eigenvalue weighted by Gasteiger charge is 2.47. The summed E-state index contributed by atoms with van der Waals surface area (Å²) in [5.74, 6) is -1.89. The number of carbonyl (C=O) groups is 3. The number of nitrogens with two attached hydrogens (primary N) is 1. The van der Waals surface area contributed by atoms with Crippen molar-refractivity contribution in [3.05, 3.63) is 33.0 Å². The lowest BCUT2D eigenvalue weighted by Crippen LogP contribution is -2.44. The lowest BCUT2D eigenvalue weighted by molar-refractivity contribution is -0.140. The van der Waals surface area contributed by atoms with Crippen molar-refractivity contribution in [3.8, 4) is 0 Å². The molecule has 3 rings (SSSR count). The summed E-state index contributed by atoms with van der Waals surface area (Å²) >= 11 is 0. The van der Waals surface area contributed by atoms with Gasteiger partial charge in [0.1, 0.15) is 5.82 Å². The monoisotopic (exact) mass is 461 g/mol. The first-order chi connectivity index (χ1) is 15.8. The third-order valence-electron chi connectivity index (χ3n) is 6.19. The molecule has 1 aliphatic heterocycles. The summed E-state index contributed by atoms with van der Waals surface area (Å²) in [6, 6.07) is 0. The highest BCUT2D eigenvalue weighted by molar-refractivity contribution is 6.06. The Morgan fingerprint density at radius 1 is 1.15 bits per heavy atom. The largest absolute Gasteiger partial charge is 0.383 e. The Labute approximate surface area is 191 Å². The molecule has 0 spiro atoms. The predicted octanol–water partition coefficient (Wildman–Crippen LogP) is 0.240. The highest BCUT2D eigenvalue weighted by atomic mass is 16.5. The number of rotatable bonds is 10. The molecule has 11 nitrogen and oxygen atoms in total. The molecule has 0 aromatic carbocycles. The normalized spacial score (nSPS) is 19.8. The number of amides is 3. The van der Waals surface area contributed by atoms with E-state index >= 15 is 0 Å². The number of hydrogen-bond donors (Lipinski definition) is 2. The summed E-state index contributed by atoms with van der Waals surface area (Å²) in [5, 5.41) is 0. The molecule has 180 valence electrons. The summed E-state index contributed by atoms with van der Waals surface area (Å²) in [4.78, 5) is 67.9. The molecule has 3 N–H and O–H groups in total. The number of aromatic amines is 1. The number of carbonyl (C=O) groups excluding carboxylic acids is 3. The minimum absolute atomic E-state index is 0.0195. The third-order valence-corrected chi connectivity index (χ3v) is 6.19. The standard InChI is InChI=1S/C22H31N5O6/c1-3-4-10-26-18(23)17(19(29)24-22(26)32)25(12-13-33-2)16(28)9-11-27-20(30)14-7-5-6-8-15(14)21(27)31/h5-6,14-15H,3-4,7-13,23H2,1-2H3,(H,24,29,32)/t14-,15+. The van der Waals surface area contributed by atoms with E-state index in [-0.39, 0.29) is 61.3 Å². The lowest BCUT2D eigenvalue weighted by atomic mass is 9.85. The van der Waals surface area contributed by atoms with Gasteiger partial charge in [-0.25, -0.2) is 4.79 Å². The number of likely N-dealkylation sites (tertiary alicyclic amines) is 1. The fraction of sp³-hybridized carbons (Fsp3) is 0.591. The molecule has 1 saturated heterocycles. The predicted molar refractivity (Wildman–Crippen MR) is 122 cm³/mol. The molecule has 11 heteroatoms. The van der Waals surface area contributed by atoms with Gasteiger partial charge in [-0.05, 0) is 19.3 Å². The Balaban J connectivity index is 1.83. The van der Waals surface area contributed by atoms with E-state index in [0.717, 1.165) is 11.3 Å². The van der Waals surface area contributed by atoms with Gasteiger partial charge in [0.25, 0.3) is 5.56 Å². The number of unbranched alkanes of at least 4 members (excludes halogenated alkanes) is 1. The molecule has 1 fully saturated rings. The number of nitrogens with one attached hydrogen (secondary N) is 1. The zero-order valence-electron chi connectivity index (χ0n) is 19.0. The zero-order valence-corrected chi connectivity index (χ0v) is 19.0. The van der Waals surface area contributed by atoms with Crippen molar-refractivity contribution in [2.75, 3.05) is 37.4 Å². The second-order valence-electron chi connectivity index (χ2n) is 8.27. The van der Waals surface area contributed by atoms with Crippen LogP contribution in [-0.4, -0.2) is 59.0 Å². The van der Waals surface area contributed by atoms with Crippen LogP contribution in [0.2, 0.25) is 0 Å². The fourth-order valence-electron chi connectivity index (χ4n) is 4.35. The zero-order chi connectivity index (χ0) is 24.1. The summed E-state index contributed by atoms with van der Waals surface area (Å²) in [7, 11) is 1.45. The SMILES string of the molecule is CCCCn1c(N)c(N(CCOC)C(=O)CCN2C(=O)[C@H]3CC=CC[C@H]3C2=O)c(=O)[nH]c1=O. The van der Waals surface area contributed by atoms with Gasteiger partial charge >= 0.3 is 5.69 Å². The maximum absolute atomic E-state index is 13.2. The van der Waals surface area contributed by atoms with E-state index in [4.69, 9.17) is 10.5 Å². The molecule has 1 aliphatic carbocycles. The molecule has 0 radical (unpaired) electrons. The Morgan fingerprint density at radius 3 is 2.36 bits per heavy atom. The van der Waals surface area contributed by atoms with Gasteiger partial charge in [-0.15, -0.1) is 0 Å². The lowest BCUT2D eigenvalue weighted by Gasteiger charge is -2.25. The summed E-state index contributed by atoms with van der Waals surface area (Å²) in [5.41, 5.74) is 4.61. The van der Waals surface area contributed by atoms with Crippen molar-refractivity contribution in [1.82, 2.24) is 14.5 Å². The van der Waals surface area contributed by atoms with Crippen LogP contribution in [0.5, 0.6) is 0 Å². The number of anilines is 2. The Morgan fingerprint density at radius 2 is 1.79 bits per heavy atom. The maximum Gasteiger partial charge on any atom is 0.330 e. The first-order valence-corrected chi connectivity index (χ1v) is 11.2. The van der Waals surface area contributed by atoms with Crippen LogP contribution < -0.4 is 21.9 Å². The average molecular weight is 462 g/mol. The summed E-state index contributed by atoms with van der Waals surface area (Å²) in [6.07, 6.45) is 6.13. The number of ether oxygens (including phenoxy) is 1. The second kappa shape index (κ2) is 10.6. The first kappa shape index (κ1) is 24.4. The van der Waals surface area contributed by atoms with Gasteiger partial charge in [0.15, 0.2) is 5.69 Å². The van der Waals surface area contributed by atoms with E-state index < -0.39 is 17.2 Å². The van der Waals surface area contributed by atoms with Gasteiger partial charge in [-0.2, -0.15) is 0 Å². The number of H-pyrrole nitrogens is 1. The van der Waals surface area contributed by atoms with E-state index in [2.05, 4.69) is 4.98 Å². The van der Waals surface area contributed by atoms with Crippen molar-refractivity contribution in [1.29, 1.82) is 0 Å². The molecular weight excluding hydrogens is 430 g/mol. The van der Waals surface area contributed by atoms with Gasteiger partial charge in [0, 0.05) is 33.2 Å². The molecule has 2 heterocycles. The number of allylic oxidation sites excluding steroid dienone is 2. The molecule has 1 aromatic heterocycles. The molecule has 0 bridgehead atoms. The second-order valence-corrected chi connectivity index (χ2v) is 8.27. The number of nitrogens with zero attached hydrogens (tertiary/aromatic N) is 3. The highest BCUT2D eigenvalue weighted by Crippen LogP contribution is 2.35. The van der Waals surface area contributed by atoms with E-state index in [9.17, 15) is 24.0 Å². The van der Waals surface area contributed by atoms with Crippen molar-refractivity contribution in [2.24, 2.45) is 11.8 Å². The molecule has 33 heavy (non-hydrogen) atoms. The average Bonchev–Trinajstić information content (AvgIpc) is 3.04. The van der Waals surface area contributed by atoms with E-state index in [1.807, 2.05) is 19.1 Å². The van der Waals surface area contributed by atoms with Crippen LogP contribution in [0.25, 0.3) is 0 Å². The third kappa shape index (κ3) is 4.92. The number of nitrogen functional groups attached to an aromatic ring is 1. The molecule has 3 amide bonds. The van der Waals surface area contributed by atoms with Gasteiger partial charge in [0.2, 0.25) is 17.7 Å². The Bertz CT molecular complexity index is 1030. The van der Waals surface area contributed by atoms with E-state index in [1.54, 1.807) is 0 Å². The maximum atomic E-state index is 13.2. The molecule has 0 saturated carbocycles. The van der Waals surface area contributed by atoms with E-state index in [0.29, 0.717) is 25.8 Å². The van der Waals surface area contributed by atoms with Crippen LogP contribution in [0.3, 0.4) is 0 Å². The number of hydrogen-bond acceptors (Lipinski definition) is 7. The van der Waals surface area contributed by atoms with Crippen molar-refractivity contribution in [3.63, 3.8) is 0 Å². The minimum atomic E-state index is -0.778. The van der Waals surface area contributed by atoms with Crippen molar-refractivity contribution < 1.29 is 19.1 Å². The Kier molecular flexibility index (Phi) is 7.85. The van der Waals surface area contributed by atoms with Gasteiger partial charge in [-0.3, -0.25) is 33.6 Å². The molecule has 0 unspecified atom stereocenters. The molecular formula is C22H31N5O6. The molecule has 2 aliphatic rings.